The Labute approximate surface area is 196 Å². The molecule has 0 saturated carbocycles. The summed E-state index contributed by atoms with van der Waals surface area (Å²) in [5.74, 6) is 0. The van der Waals surface area contributed by atoms with Crippen molar-refractivity contribution in [3.8, 4) is 11.1 Å². The van der Waals surface area contributed by atoms with E-state index in [2.05, 4.69) is 96.8 Å². The summed E-state index contributed by atoms with van der Waals surface area (Å²) in [4.78, 5) is 0. The van der Waals surface area contributed by atoms with E-state index in [1.54, 1.807) is 0 Å². The van der Waals surface area contributed by atoms with Crippen molar-refractivity contribution in [2.75, 3.05) is 7.11 Å². The summed E-state index contributed by atoms with van der Waals surface area (Å²) in [6.45, 7) is 15.5. The van der Waals surface area contributed by atoms with E-state index < -0.39 is 25.4 Å². The van der Waals surface area contributed by atoms with Gasteiger partial charge in [0.25, 0.3) is 0 Å². The molecule has 0 aliphatic heterocycles. The summed E-state index contributed by atoms with van der Waals surface area (Å²) >= 11 is -5.06. The molecule has 0 aromatic heterocycles. The number of hydrogen-bond acceptors (Lipinski definition) is 3. The van der Waals surface area contributed by atoms with Crippen LogP contribution in [-0.2, 0) is 22.4 Å². The van der Waals surface area contributed by atoms with E-state index >= 15 is 0 Å². The molecular weight excluding hydrogens is 529 g/mol. The van der Waals surface area contributed by atoms with Crippen molar-refractivity contribution >= 4 is 40.0 Å². The van der Waals surface area contributed by atoms with Gasteiger partial charge in [0.1, 0.15) is 0 Å². The third-order valence-corrected chi connectivity index (χ3v) is 36.8. The maximum absolute atomic E-state index is 7.34. The minimum Gasteiger partial charge on any atom is -0.147 e. The molecule has 0 atom stereocenters. The number of halogens is 2. The molecule has 3 rings (SSSR count). The van der Waals surface area contributed by atoms with Gasteiger partial charge in [-0.3, -0.25) is 0 Å². The van der Waals surface area contributed by atoms with Gasteiger partial charge in [0, 0.05) is 0 Å². The number of fused-ring (bicyclic) bond motifs is 3. The van der Waals surface area contributed by atoms with E-state index in [4.69, 9.17) is 5.32 Å². The fourth-order valence-electron chi connectivity index (χ4n) is 5.60. The molecule has 0 fully saturated rings. The summed E-state index contributed by atoms with van der Waals surface area (Å²) < 4.78 is 20.6. The van der Waals surface area contributed by atoms with Crippen molar-refractivity contribution in [1.29, 1.82) is 0 Å². The molecule has 8 heteroatoms. The first-order valence-electron chi connectivity index (χ1n) is 10.1. The molecule has 0 spiro atoms. The predicted molar refractivity (Wildman–Crippen MR) is 137 cm³/mol. The molecule has 1 aliphatic rings. The standard InChI is InChI=1S/C13H9.C4H10N.C3H9OSi.CH3O.CH3.2ClH.H2Si.Zr/c1-3-7-12-10(5-1)9-11-6-2-4-8-13(11)12;1-4(2,3)5;1-5(2,3)4;1-2;;;;;/h1-9H;5H,1-3H3;1-3H3;1H3;1H3;2*1H;1H2;/q;3*-1;;;;;+3. The number of nitrogens with one attached hydrogen (secondary N) is 1. The van der Waals surface area contributed by atoms with E-state index in [0.717, 1.165) is 0 Å². The van der Waals surface area contributed by atoms with Gasteiger partial charge >= 0.3 is 173 Å². The molecule has 0 bridgehead atoms. The third kappa shape index (κ3) is 4.91. The SMILES string of the molecule is C[O][Zr]([CH3])(=[SiH2])([NH]C(C)(C)C)([O][Si](C)(C)C)[CH]1c2ccccc2-c2ccccc21.Cl.Cl. The van der Waals surface area contributed by atoms with Gasteiger partial charge in [-0.1, -0.05) is 0 Å². The third-order valence-electron chi connectivity index (χ3n) is 5.75. The van der Waals surface area contributed by atoms with Crippen molar-refractivity contribution in [3.63, 3.8) is 0 Å². The second-order valence-electron chi connectivity index (χ2n) is 11.0. The monoisotopic (exact) mass is 564 g/mol. The van der Waals surface area contributed by atoms with Crippen LogP contribution in [0.5, 0.6) is 0 Å². The summed E-state index contributed by atoms with van der Waals surface area (Å²) in [7, 11) is -0.0908. The van der Waals surface area contributed by atoms with Crippen LogP contribution >= 0.6 is 24.8 Å². The zero-order chi connectivity index (χ0) is 21.1. The van der Waals surface area contributed by atoms with Gasteiger partial charge in [-0.2, -0.15) is 0 Å². The molecule has 0 radical (unpaired) electrons. The van der Waals surface area contributed by atoms with Crippen LogP contribution in [0.1, 0.15) is 35.5 Å². The average molecular weight is 567 g/mol. The Hall–Kier alpha value is 0.217. The molecule has 0 amide bonds. The summed E-state index contributed by atoms with van der Waals surface area (Å²) in [6.07, 6.45) is 0. The van der Waals surface area contributed by atoms with Crippen molar-refractivity contribution in [1.82, 2.24) is 3.26 Å². The maximum atomic E-state index is 7.34. The molecule has 1 N–H and O–H groups in total. The molecule has 1 aliphatic carbocycles. The van der Waals surface area contributed by atoms with Gasteiger partial charge in [0.2, 0.25) is 0 Å². The van der Waals surface area contributed by atoms with Crippen LogP contribution in [0.2, 0.25) is 24.3 Å². The number of benzene rings is 2. The second-order valence-corrected chi connectivity index (χ2v) is 45.1. The van der Waals surface area contributed by atoms with Crippen LogP contribution < -0.4 is 3.26 Å². The van der Waals surface area contributed by atoms with Crippen molar-refractivity contribution < 1.29 is 22.4 Å². The van der Waals surface area contributed by atoms with Crippen LogP contribution in [0.3, 0.4) is 0 Å². The smallest absolute Gasteiger partial charge is 0.147 e. The molecule has 169 valence electrons. The van der Waals surface area contributed by atoms with Gasteiger partial charge in [-0.05, 0) is 0 Å². The average Bonchev–Trinajstić information content (AvgIpc) is 2.87. The predicted octanol–water partition coefficient (Wildman–Crippen LogP) is 6.05. The molecule has 0 saturated heterocycles. The summed E-state index contributed by atoms with van der Waals surface area (Å²) in [5.41, 5.74) is 5.13. The first-order chi connectivity index (χ1) is 12.6. The number of hydrogen-bond donors (Lipinski definition) is 1. The summed E-state index contributed by atoms with van der Waals surface area (Å²) in [6, 6.07) is 17.6. The molecule has 30 heavy (non-hydrogen) atoms. The molecule has 2 aromatic rings. The van der Waals surface area contributed by atoms with E-state index in [9.17, 15) is 0 Å². The largest absolute Gasteiger partial charge is 0.147 e. The van der Waals surface area contributed by atoms with Crippen molar-refractivity contribution in [2.24, 2.45) is 0 Å². The first kappa shape index (κ1) is 28.2. The van der Waals surface area contributed by atoms with E-state index in [1.165, 1.54) is 22.3 Å². The second kappa shape index (κ2) is 8.21. The van der Waals surface area contributed by atoms with E-state index in [0.29, 0.717) is 0 Å². The summed E-state index contributed by atoms with van der Waals surface area (Å²) in [5, 5.41) is 0. The Balaban J connectivity index is 0.00000225. The maximum Gasteiger partial charge on any atom is -0.147 e. The van der Waals surface area contributed by atoms with Crippen LogP contribution in [0.15, 0.2) is 48.5 Å². The zero-order valence-electron chi connectivity index (χ0n) is 19.5. The van der Waals surface area contributed by atoms with E-state index in [1.807, 2.05) is 14.0 Å². The van der Waals surface area contributed by atoms with Gasteiger partial charge in [-0.25, -0.2) is 0 Å². The molecule has 3 nitrogen and oxygen atoms in total. The molecule has 2 aromatic carbocycles. The van der Waals surface area contributed by atoms with Crippen molar-refractivity contribution in [2.45, 2.75) is 54.2 Å². The Morgan fingerprint density at radius 1 is 0.900 bits per heavy atom. The van der Waals surface area contributed by atoms with Gasteiger partial charge in [-0.15, -0.1) is 24.8 Å². The van der Waals surface area contributed by atoms with Gasteiger partial charge < -0.3 is 0 Å². The Morgan fingerprint density at radius 2 is 1.30 bits per heavy atom. The Kier molecular flexibility index (Phi) is 7.73. The van der Waals surface area contributed by atoms with Crippen LogP contribution in [0.4, 0.5) is 0 Å². The quantitative estimate of drug-likeness (QED) is 0.447. The minimum absolute atomic E-state index is 0. The first-order valence-corrected chi connectivity index (χ1v) is 26.6. The normalized spacial score (nSPS) is 16.4. The van der Waals surface area contributed by atoms with Crippen LogP contribution in [-0.4, -0.2) is 27.8 Å². The Morgan fingerprint density at radius 3 is 1.63 bits per heavy atom. The topological polar surface area (TPSA) is 30.5 Å². The zero-order valence-corrected chi connectivity index (χ0v) is 26.0. The minimum atomic E-state index is -5.06. The fourth-order valence-corrected chi connectivity index (χ4v) is 50.3. The molecule has 0 heterocycles. The van der Waals surface area contributed by atoms with Crippen LogP contribution in [0, 0.1) is 0 Å². The van der Waals surface area contributed by atoms with Gasteiger partial charge in [0.05, 0.1) is 0 Å². The van der Waals surface area contributed by atoms with E-state index in [-0.39, 0.29) is 34.0 Å². The number of rotatable bonds is 5. The Bertz CT molecular complexity index is 963. The van der Waals surface area contributed by atoms with Crippen molar-refractivity contribution in [3.05, 3.63) is 59.7 Å². The molecule has 0 unspecified atom stereocenters. The van der Waals surface area contributed by atoms with Crippen LogP contribution in [0.25, 0.3) is 11.1 Å². The van der Waals surface area contributed by atoms with Gasteiger partial charge in [0.15, 0.2) is 0 Å². The molecular formula is C22H38Cl2NO2Si2Zr. The fraction of sp³-hybridized carbons (Fsp3) is 0.455.